The number of hydrogen-bond acceptors (Lipinski definition) is 4. The van der Waals surface area contributed by atoms with Gasteiger partial charge in [-0.15, -0.1) is 0 Å². The molecule has 0 aliphatic rings. The Morgan fingerprint density at radius 2 is 1.68 bits per heavy atom. The average molecular weight is 337 g/mol. The van der Waals surface area contributed by atoms with Crippen molar-refractivity contribution in [2.75, 3.05) is 5.32 Å². The molecule has 1 heterocycles. The molecule has 0 unspecified atom stereocenters. The highest BCUT2D eigenvalue weighted by Gasteiger charge is 2.08. The molecule has 0 saturated heterocycles. The predicted molar refractivity (Wildman–Crippen MR) is 97.0 cm³/mol. The summed E-state index contributed by atoms with van der Waals surface area (Å²) in [5.41, 5.74) is 1.08. The fraction of sp³-hybridized carbons (Fsp3) is 0.158. The molecule has 0 radical (unpaired) electrons. The van der Waals surface area contributed by atoms with Gasteiger partial charge in [-0.25, -0.2) is 4.79 Å². The average Bonchev–Trinajstić information content (AvgIpc) is 2.64. The Morgan fingerprint density at radius 3 is 2.36 bits per heavy atom. The number of anilines is 2. The molecule has 2 N–H and O–H groups in total. The molecule has 0 spiro atoms. The van der Waals surface area contributed by atoms with Crippen LogP contribution < -0.4 is 16.6 Å². The van der Waals surface area contributed by atoms with E-state index in [1.165, 1.54) is 10.8 Å². The first-order valence-electron chi connectivity index (χ1n) is 7.96. The number of para-hydroxylation sites is 1. The van der Waals surface area contributed by atoms with Gasteiger partial charge in [-0.2, -0.15) is 0 Å². The summed E-state index contributed by atoms with van der Waals surface area (Å²) in [6, 6.07) is 19.0. The lowest BCUT2D eigenvalue weighted by atomic mass is 10.1. The molecule has 128 valence electrons. The van der Waals surface area contributed by atoms with Crippen LogP contribution in [-0.4, -0.2) is 9.55 Å². The summed E-state index contributed by atoms with van der Waals surface area (Å²) in [4.78, 5) is 26.3. The molecular weight excluding hydrogens is 318 g/mol. The van der Waals surface area contributed by atoms with Crippen LogP contribution in [0.4, 0.5) is 11.4 Å². The third-order valence-electron chi connectivity index (χ3n) is 3.80. The zero-order valence-corrected chi connectivity index (χ0v) is 13.8. The Hall–Kier alpha value is -3.12. The van der Waals surface area contributed by atoms with Crippen LogP contribution in [0.1, 0.15) is 18.6 Å². The summed E-state index contributed by atoms with van der Waals surface area (Å²) in [5, 5.41) is 3.00. The van der Waals surface area contributed by atoms with Crippen molar-refractivity contribution in [3.8, 4) is 0 Å². The Kier molecular flexibility index (Phi) is 5.11. The van der Waals surface area contributed by atoms with Crippen molar-refractivity contribution in [3.63, 3.8) is 0 Å². The second-order valence-corrected chi connectivity index (χ2v) is 5.61. The van der Waals surface area contributed by atoms with E-state index in [0.717, 1.165) is 11.3 Å². The van der Waals surface area contributed by atoms with Gasteiger partial charge in [0.05, 0.1) is 6.10 Å². The molecule has 0 aliphatic carbocycles. The lowest BCUT2D eigenvalue weighted by molar-refractivity contribution is 0.0142. The van der Waals surface area contributed by atoms with E-state index >= 15 is 0 Å². The highest BCUT2D eigenvalue weighted by molar-refractivity contribution is 5.57. The zero-order valence-electron chi connectivity index (χ0n) is 13.8. The summed E-state index contributed by atoms with van der Waals surface area (Å²) in [5.74, 6) is 0. The van der Waals surface area contributed by atoms with Crippen molar-refractivity contribution in [2.24, 2.45) is 0 Å². The number of benzene rings is 2. The van der Waals surface area contributed by atoms with E-state index in [0.29, 0.717) is 0 Å². The van der Waals surface area contributed by atoms with E-state index in [2.05, 4.69) is 10.3 Å². The summed E-state index contributed by atoms with van der Waals surface area (Å²) in [6.45, 7) is 1.95. The fourth-order valence-corrected chi connectivity index (χ4v) is 2.38. The Bertz CT molecular complexity index is 933. The van der Waals surface area contributed by atoms with Gasteiger partial charge in [-0.3, -0.25) is 14.3 Å². The molecule has 25 heavy (non-hydrogen) atoms. The van der Waals surface area contributed by atoms with Crippen molar-refractivity contribution in [1.29, 1.82) is 0 Å². The van der Waals surface area contributed by atoms with Gasteiger partial charge in [0.25, 0.3) is 5.56 Å². The van der Waals surface area contributed by atoms with Crippen molar-refractivity contribution in [3.05, 3.63) is 93.3 Å². The van der Waals surface area contributed by atoms with E-state index < -0.39 is 11.2 Å². The van der Waals surface area contributed by atoms with Crippen LogP contribution >= 0.6 is 0 Å². The molecule has 0 amide bonds. The maximum atomic E-state index is 12.0. The van der Waals surface area contributed by atoms with E-state index in [-0.39, 0.29) is 18.5 Å². The number of nitrogens with one attached hydrogen (secondary N) is 2. The summed E-state index contributed by atoms with van der Waals surface area (Å²) < 4.78 is 7.08. The van der Waals surface area contributed by atoms with Gasteiger partial charge >= 0.3 is 5.69 Å². The van der Waals surface area contributed by atoms with Gasteiger partial charge < -0.3 is 10.1 Å². The van der Waals surface area contributed by atoms with E-state index in [1.54, 1.807) is 0 Å². The molecule has 0 fully saturated rings. The number of H-pyrrole nitrogens is 1. The van der Waals surface area contributed by atoms with Crippen LogP contribution in [0.25, 0.3) is 0 Å². The Labute approximate surface area is 144 Å². The van der Waals surface area contributed by atoms with Gasteiger partial charge in [-0.05, 0) is 24.6 Å². The minimum atomic E-state index is -0.510. The minimum Gasteiger partial charge on any atom is -0.353 e. The molecule has 6 heteroatoms. The Balaban J connectivity index is 1.76. The second-order valence-electron chi connectivity index (χ2n) is 5.61. The molecule has 1 aromatic heterocycles. The molecule has 0 bridgehead atoms. The molecule has 0 saturated carbocycles. The molecule has 3 aromatic rings. The minimum absolute atomic E-state index is 0.0368. The summed E-state index contributed by atoms with van der Waals surface area (Å²) in [7, 11) is 0. The topological polar surface area (TPSA) is 76.1 Å². The maximum Gasteiger partial charge on any atom is 0.330 e. The standard InChI is InChI=1S/C19H19N3O3/c1-14(15-8-4-2-5-9-15)25-13-22-12-17(18(23)21-19(22)24)20-16-10-6-3-7-11-16/h2-12,14,20H,13H2,1H3,(H,21,23,24)/t14-/m1/s1. The number of nitrogens with zero attached hydrogens (tertiary/aromatic N) is 1. The molecule has 3 rings (SSSR count). The van der Waals surface area contributed by atoms with Crippen molar-refractivity contribution < 1.29 is 4.74 Å². The normalized spacial score (nSPS) is 11.9. The van der Waals surface area contributed by atoms with Crippen LogP contribution in [0, 0.1) is 0 Å². The number of aromatic nitrogens is 2. The fourth-order valence-electron chi connectivity index (χ4n) is 2.38. The van der Waals surface area contributed by atoms with Crippen LogP contribution in [0.15, 0.2) is 76.4 Å². The van der Waals surface area contributed by atoms with Gasteiger partial charge in [0.1, 0.15) is 12.4 Å². The van der Waals surface area contributed by atoms with E-state index in [9.17, 15) is 9.59 Å². The van der Waals surface area contributed by atoms with Crippen molar-refractivity contribution in [2.45, 2.75) is 19.8 Å². The van der Waals surface area contributed by atoms with Crippen molar-refractivity contribution in [1.82, 2.24) is 9.55 Å². The van der Waals surface area contributed by atoms with Gasteiger partial charge in [0.15, 0.2) is 0 Å². The highest BCUT2D eigenvalue weighted by atomic mass is 16.5. The van der Waals surface area contributed by atoms with Crippen LogP contribution in [-0.2, 0) is 11.5 Å². The largest absolute Gasteiger partial charge is 0.353 e. The Morgan fingerprint density at radius 1 is 1.04 bits per heavy atom. The quantitative estimate of drug-likeness (QED) is 0.725. The third-order valence-corrected chi connectivity index (χ3v) is 3.80. The zero-order chi connectivity index (χ0) is 17.6. The van der Waals surface area contributed by atoms with Gasteiger partial charge in [0.2, 0.25) is 0 Å². The first-order valence-corrected chi connectivity index (χ1v) is 7.96. The SMILES string of the molecule is C[C@@H](OCn1cc(Nc2ccccc2)c(=O)[nH]c1=O)c1ccccc1. The summed E-state index contributed by atoms with van der Waals surface area (Å²) in [6.07, 6.45) is 1.29. The van der Waals surface area contributed by atoms with Crippen LogP contribution in [0.2, 0.25) is 0 Å². The molecular formula is C19H19N3O3. The molecule has 0 aliphatic heterocycles. The monoisotopic (exact) mass is 337 g/mol. The van der Waals surface area contributed by atoms with Gasteiger partial charge in [-0.1, -0.05) is 48.5 Å². The molecule has 2 aromatic carbocycles. The third kappa shape index (κ3) is 4.24. The second kappa shape index (κ2) is 7.63. The first kappa shape index (κ1) is 16.7. The maximum absolute atomic E-state index is 12.0. The van der Waals surface area contributed by atoms with Crippen molar-refractivity contribution >= 4 is 11.4 Å². The van der Waals surface area contributed by atoms with Gasteiger partial charge in [0, 0.05) is 11.9 Å². The lowest BCUT2D eigenvalue weighted by Gasteiger charge is -2.15. The number of ether oxygens (including phenoxy) is 1. The molecule has 6 nitrogen and oxygen atoms in total. The molecule has 1 atom stereocenters. The number of aromatic amines is 1. The van der Waals surface area contributed by atoms with Crippen LogP contribution in [0.3, 0.4) is 0 Å². The van der Waals surface area contributed by atoms with Crippen LogP contribution in [0.5, 0.6) is 0 Å². The van der Waals surface area contributed by atoms with E-state index in [4.69, 9.17) is 4.74 Å². The smallest absolute Gasteiger partial charge is 0.330 e. The van der Waals surface area contributed by atoms with E-state index in [1.807, 2.05) is 67.6 Å². The summed E-state index contributed by atoms with van der Waals surface area (Å²) >= 11 is 0. The first-order chi connectivity index (χ1) is 12.1. The lowest BCUT2D eigenvalue weighted by Crippen LogP contribution is -2.31. The highest BCUT2D eigenvalue weighted by Crippen LogP contribution is 2.16. The predicted octanol–water partition coefficient (Wildman–Crippen LogP) is 3.02. The number of hydrogen-bond donors (Lipinski definition) is 2. The number of rotatable bonds is 6.